The van der Waals surface area contributed by atoms with E-state index in [0.29, 0.717) is 11.0 Å². The number of rotatable bonds is 5. The fourth-order valence-electron chi connectivity index (χ4n) is 2.91. The molecule has 2 N–H and O–H groups in total. The molecule has 0 aliphatic rings. The summed E-state index contributed by atoms with van der Waals surface area (Å²) in [6.07, 6.45) is 1.05. The molecular weight excluding hydrogens is 312 g/mol. The lowest BCUT2D eigenvalue weighted by atomic mass is 9.92. The summed E-state index contributed by atoms with van der Waals surface area (Å²) in [5.74, 6) is 0.439. The van der Waals surface area contributed by atoms with Crippen molar-refractivity contribution in [2.45, 2.75) is 47.1 Å². The van der Waals surface area contributed by atoms with Crippen LogP contribution >= 0.6 is 12.2 Å². The van der Waals surface area contributed by atoms with Crippen LogP contribution in [-0.2, 0) is 6.42 Å². The molecule has 0 aliphatic heterocycles. The second-order valence-electron chi connectivity index (χ2n) is 6.73. The molecule has 2 rings (SSSR count). The van der Waals surface area contributed by atoms with Gasteiger partial charge in [-0.05, 0) is 67.2 Å². The third-order valence-corrected chi connectivity index (χ3v) is 4.55. The maximum atomic E-state index is 5.54. The van der Waals surface area contributed by atoms with Crippen LogP contribution in [0.1, 0.15) is 49.1 Å². The highest BCUT2D eigenvalue weighted by Gasteiger charge is 2.18. The fraction of sp³-hybridized carbons (Fsp3) is 0.381. The molecule has 0 amide bonds. The van der Waals surface area contributed by atoms with Crippen molar-refractivity contribution in [1.82, 2.24) is 5.32 Å². The maximum absolute atomic E-state index is 5.54. The van der Waals surface area contributed by atoms with Gasteiger partial charge in [0.2, 0.25) is 0 Å². The number of hydrogen-bond acceptors (Lipinski definition) is 1. The highest BCUT2D eigenvalue weighted by atomic mass is 32.1. The van der Waals surface area contributed by atoms with Crippen molar-refractivity contribution in [3.8, 4) is 0 Å². The van der Waals surface area contributed by atoms with Gasteiger partial charge in [-0.15, -0.1) is 0 Å². The predicted molar refractivity (Wildman–Crippen MR) is 109 cm³/mol. The van der Waals surface area contributed by atoms with E-state index in [1.165, 1.54) is 22.3 Å². The molecule has 3 heteroatoms. The van der Waals surface area contributed by atoms with E-state index in [1.54, 1.807) is 0 Å². The lowest BCUT2D eigenvalue weighted by molar-refractivity contribution is 0.471. The zero-order valence-corrected chi connectivity index (χ0v) is 16.1. The van der Waals surface area contributed by atoms with E-state index >= 15 is 0 Å². The molecule has 0 radical (unpaired) electrons. The van der Waals surface area contributed by atoms with Crippen LogP contribution in [0.3, 0.4) is 0 Å². The summed E-state index contributed by atoms with van der Waals surface area (Å²) < 4.78 is 0. The molecule has 0 heterocycles. The zero-order valence-electron chi connectivity index (χ0n) is 15.3. The summed E-state index contributed by atoms with van der Waals surface area (Å²) in [5.41, 5.74) is 6.25. The molecule has 1 atom stereocenters. The summed E-state index contributed by atoms with van der Waals surface area (Å²) in [7, 11) is 0. The lowest BCUT2D eigenvalue weighted by Crippen LogP contribution is -2.35. The first kappa shape index (κ1) is 18.5. The first-order valence-electron chi connectivity index (χ1n) is 8.64. The van der Waals surface area contributed by atoms with Gasteiger partial charge in [-0.2, -0.15) is 0 Å². The average Bonchev–Trinajstić information content (AvgIpc) is 2.54. The number of anilines is 1. The summed E-state index contributed by atoms with van der Waals surface area (Å²) in [5, 5.41) is 7.45. The average molecular weight is 341 g/mol. The fourth-order valence-corrected chi connectivity index (χ4v) is 3.16. The number of nitrogens with one attached hydrogen (secondary N) is 2. The minimum atomic E-state index is 0.195. The molecule has 2 aromatic rings. The van der Waals surface area contributed by atoms with E-state index < -0.39 is 0 Å². The third kappa shape index (κ3) is 4.81. The van der Waals surface area contributed by atoms with Gasteiger partial charge < -0.3 is 10.6 Å². The number of benzene rings is 2. The van der Waals surface area contributed by atoms with Gasteiger partial charge in [0.25, 0.3) is 0 Å². The molecular formula is C21H28N2S. The number of hydrogen-bond donors (Lipinski definition) is 2. The Morgan fingerprint density at radius 3 is 2.25 bits per heavy atom. The van der Waals surface area contributed by atoms with Crippen molar-refractivity contribution < 1.29 is 0 Å². The topological polar surface area (TPSA) is 24.1 Å². The molecule has 0 saturated carbocycles. The van der Waals surface area contributed by atoms with Crippen molar-refractivity contribution in [1.29, 1.82) is 0 Å². The minimum Gasteiger partial charge on any atom is -0.355 e. The second-order valence-corrected chi connectivity index (χ2v) is 7.14. The van der Waals surface area contributed by atoms with Crippen molar-refractivity contribution in [2.24, 2.45) is 5.92 Å². The first-order valence-corrected chi connectivity index (χ1v) is 9.05. The first-order chi connectivity index (χ1) is 11.4. The van der Waals surface area contributed by atoms with Crippen LogP contribution in [0, 0.1) is 19.8 Å². The largest absolute Gasteiger partial charge is 0.355 e. The third-order valence-electron chi connectivity index (χ3n) is 4.33. The quantitative estimate of drug-likeness (QED) is 0.698. The zero-order chi connectivity index (χ0) is 17.7. The van der Waals surface area contributed by atoms with E-state index in [4.69, 9.17) is 12.2 Å². The highest BCUT2D eigenvalue weighted by Crippen LogP contribution is 2.25. The SMILES string of the molecule is CCc1ccc(NC(=S)NC(c2ccc(C)cc2C)C(C)C)cc1. The molecule has 0 spiro atoms. The number of aryl methyl sites for hydroxylation is 3. The van der Waals surface area contributed by atoms with Gasteiger partial charge in [-0.3, -0.25) is 0 Å². The van der Waals surface area contributed by atoms with Crippen molar-refractivity contribution in [2.75, 3.05) is 5.32 Å². The lowest BCUT2D eigenvalue weighted by Gasteiger charge is -2.26. The van der Waals surface area contributed by atoms with Crippen molar-refractivity contribution in [3.05, 3.63) is 64.7 Å². The Bertz CT molecular complexity index is 689. The van der Waals surface area contributed by atoms with Crippen molar-refractivity contribution in [3.63, 3.8) is 0 Å². The smallest absolute Gasteiger partial charge is 0.171 e. The summed E-state index contributed by atoms with van der Waals surface area (Å²) >= 11 is 5.54. The van der Waals surface area contributed by atoms with Crippen molar-refractivity contribution >= 4 is 23.0 Å². The highest BCUT2D eigenvalue weighted by molar-refractivity contribution is 7.80. The van der Waals surface area contributed by atoms with Gasteiger partial charge in [-0.25, -0.2) is 0 Å². The van der Waals surface area contributed by atoms with Crippen LogP contribution in [0.15, 0.2) is 42.5 Å². The van der Waals surface area contributed by atoms with Crippen LogP contribution < -0.4 is 10.6 Å². The predicted octanol–water partition coefficient (Wildman–Crippen LogP) is 5.55. The summed E-state index contributed by atoms with van der Waals surface area (Å²) in [4.78, 5) is 0. The molecule has 0 aliphatic carbocycles. The Hall–Kier alpha value is -1.87. The Morgan fingerprint density at radius 1 is 1.04 bits per heavy atom. The Labute approximate surface area is 151 Å². The monoisotopic (exact) mass is 340 g/mol. The van der Waals surface area contributed by atoms with Crippen LogP contribution in [0.5, 0.6) is 0 Å². The normalized spacial score (nSPS) is 12.1. The molecule has 0 saturated heterocycles. The molecule has 2 nitrogen and oxygen atoms in total. The van der Waals surface area contributed by atoms with Gasteiger partial charge in [0.1, 0.15) is 0 Å². The molecule has 128 valence electrons. The Kier molecular flexibility index (Phi) is 6.38. The summed E-state index contributed by atoms with van der Waals surface area (Å²) in [6.45, 7) is 10.9. The van der Waals surface area contributed by atoms with Gasteiger partial charge in [0.05, 0.1) is 6.04 Å². The van der Waals surface area contributed by atoms with Crippen LogP contribution in [0.2, 0.25) is 0 Å². The minimum absolute atomic E-state index is 0.195. The van der Waals surface area contributed by atoms with E-state index in [9.17, 15) is 0 Å². The Morgan fingerprint density at radius 2 is 1.71 bits per heavy atom. The molecule has 0 aromatic heterocycles. The molecule has 24 heavy (non-hydrogen) atoms. The second kappa shape index (κ2) is 8.29. The van der Waals surface area contributed by atoms with Gasteiger partial charge in [-0.1, -0.05) is 56.7 Å². The van der Waals surface area contributed by atoms with E-state index in [1.807, 2.05) is 0 Å². The Balaban J connectivity index is 2.10. The van der Waals surface area contributed by atoms with Gasteiger partial charge in [0, 0.05) is 5.69 Å². The van der Waals surface area contributed by atoms with Crippen LogP contribution in [-0.4, -0.2) is 5.11 Å². The molecule has 0 fully saturated rings. The number of thiocarbonyl (C=S) groups is 1. The maximum Gasteiger partial charge on any atom is 0.171 e. The molecule has 1 unspecified atom stereocenters. The molecule has 2 aromatic carbocycles. The summed E-state index contributed by atoms with van der Waals surface area (Å²) in [6, 6.07) is 15.2. The van der Waals surface area contributed by atoms with E-state index in [-0.39, 0.29) is 6.04 Å². The van der Waals surface area contributed by atoms with E-state index in [0.717, 1.165) is 12.1 Å². The van der Waals surface area contributed by atoms with Gasteiger partial charge in [0.15, 0.2) is 5.11 Å². The standard InChI is InChI=1S/C21H28N2S/c1-6-17-8-10-18(11-9-17)22-21(24)23-20(14(2)3)19-12-7-15(4)13-16(19)5/h7-14,20H,6H2,1-5H3,(H2,22,23,24). The van der Waals surface area contributed by atoms with Crippen LogP contribution in [0.4, 0.5) is 5.69 Å². The van der Waals surface area contributed by atoms with E-state index in [2.05, 4.69) is 87.7 Å². The van der Waals surface area contributed by atoms with Crippen LogP contribution in [0.25, 0.3) is 0 Å². The van der Waals surface area contributed by atoms with Gasteiger partial charge >= 0.3 is 0 Å². The molecule has 0 bridgehead atoms.